The van der Waals surface area contributed by atoms with Gasteiger partial charge in [0.25, 0.3) is 5.91 Å². The van der Waals surface area contributed by atoms with Gasteiger partial charge in [-0.3, -0.25) is 4.79 Å². The van der Waals surface area contributed by atoms with Gasteiger partial charge in [-0.1, -0.05) is 36.4 Å². The normalized spacial score (nSPS) is 23.7. The van der Waals surface area contributed by atoms with Crippen molar-refractivity contribution in [1.82, 2.24) is 4.90 Å². The van der Waals surface area contributed by atoms with Crippen molar-refractivity contribution in [2.45, 2.75) is 43.7 Å². The summed E-state index contributed by atoms with van der Waals surface area (Å²) in [7, 11) is 0. The lowest BCUT2D eigenvalue weighted by atomic mass is 9.75. The molecule has 2 aliphatic rings. The number of amides is 1. The Morgan fingerprint density at radius 2 is 2.00 bits per heavy atom. The minimum atomic E-state index is -0.692. The van der Waals surface area contributed by atoms with E-state index in [1.165, 1.54) is 47.1 Å². The number of aliphatic hydroxyl groups excluding tert-OH is 1. The number of benzene rings is 2. The average Bonchev–Trinajstić information content (AvgIpc) is 2.74. The van der Waals surface area contributed by atoms with Gasteiger partial charge in [0.1, 0.15) is 11.9 Å². The fourth-order valence-corrected chi connectivity index (χ4v) is 4.48. The quantitative estimate of drug-likeness (QED) is 0.848. The summed E-state index contributed by atoms with van der Waals surface area (Å²) in [5, 5.41) is 19.6. The van der Waals surface area contributed by atoms with Crippen molar-refractivity contribution in [3.8, 4) is 6.07 Å². The summed E-state index contributed by atoms with van der Waals surface area (Å²) >= 11 is 0. The Kier molecular flexibility index (Phi) is 5.46. The molecule has 1 saturated heterocycles. The molecule has 0 bridgehead atoms. The maximum absolute atomic E-state index is 13.5. The molecule has 1 amide bonds. The minimum Gasteiger partial charge on any atom is -0.394 e. The second-order valence-corrected chi connectivity index (χ2v) is 7.67. The second kappa shape index (κ2) is 8.18. The highest BCUT2D eigenvalue weighted by molar-refractivity contribution is 5.95. The highest BCUT2D eigenvalue weighted by atomic mass is 19.1. The van der Waals surface area contributed by atoms with Gasteiger partial charge in [0.2, 0.25) is 0 Å². The SMILES string of the molecule is N#C[C@H]1[C@H](c2ccc(C3=CCCCC3)cc2)[C@@H](CO)N1C(=O)c1cccc(F)c1. The lowest BCUT2D eigenvalue weighted by molar-refractivity contribution is -0.00588. The van der Waals surface area contributed by atoms with Crippen molar-refractivity contribution >= 4 is 11.5 Å². The molecule has 0 saturated carbocycles. The van der Waals surface area contributed by atoms with Gasteiger partial charge in [0.05, 0.1) is 18.7 Å². The van der Waals surface area contributed by atoms with Crippen LogP contribution in [0, 0.1) is 17.1 Å². The van der Waals surface area contributed by atoms with E-state index in [0.29, 0.717) is 0 Å². The molecule has 148 valence electrons. The van der Waals surface area contributed by atoms with E-state index < -0.39 is 23.8 Å². The molecule has 1 fully saturated rings. The van der Waals surface area contributed by atoms with E-state index in [2.05, 4.69) is 24.3 Å². The molecule has 0 unspecified atom stereocenters. The number of hydrogen-bond donors (Lipinski definition) is 1. The summed E-state index contributed by atoms with van der Waals surface area (Å²) in [5.41, 5.74) is 3.66. The number of nitrogens with zero attached hydrogens (tertiary/aromatic N) is 2. The maximum Gasteiger partial charge on any atom is 0.255 e. The first-order valence-corrected chi connectivity index (χ1v) is 10.0. The summed E-state index contributed by atoms with van der Waals surface area (Å²) in [6.07, 6.45) is 6.92. The molecule has 1 aliphatic heterocycles. The van der Waals surface area contributed by atoms with Gasteiger partial charge >= 0.3 is 0 Å². The third-order valence-electron chi connectivity index (χ3n) is 5.99. The molecule has 1 aliphatic carbocycles. The molecule has 0 aromatic heterocycles. The second-order valence-electron chi connectivity index (χ2n) is 7.67. The summed E-state index contributed by atoms with van der Waals surface area (Å²) in [4.78, 5) is 14.2. The van der Waals surface area contributed by atoms with Crippen LogP contribution in [0.5, 0.6) is 0 Å². The zero-order valence-corrected chi connectivity index (χ0v) is 16.1. The standard InChI is InChI=1S/C24H23FN2O2/c25-20-8-4-7-19(13-20)24(29)27-21(14-26)23(22(27)15-28)18-11-9-17(10-12-18)16-5-2-1-3-6-16/h4-5,7-13,21-23,28H,1-3,6,15H2/t21-,22+,23-/m0/s1. The number of rotatable bonds is 4. The number of allylic oxidation sites excluding steroid dienone is 2. The van der Waals surface area contributed by atoms with E-state index in [0.717, 1.165) is 24.5 Å². The maximum atomic E-state index is 13.5. The fraction of sp³-hybridized carbons (Fsp3) is 0.333. The molecule has 5 heteroatoms. The largest absolute Gasteiger partial charge is 0.394 e. The first-order chi connectivity index (χ1) is 14.1. The molecule has 4 rings (SSSR count). The summed E-state index contributed by atoms with van der Waals surface area (Å²) in [6, 6.07) is 14.5. The molecule has 4 nitrogen and oxygen atoms in total. The molecule has 0 spiro atoms. The van der Waals surface area contributed by atoms with Gasteiger partial charge in [-0.15, -0.1) is 0 Å². The average molecular weight is 390 g/mol. The fourth-order valence-electron chi connectivity index (χ4n) is 4.48. The summed E-state index contributed by atoms with van der Waals surface area (Å²) in [6.45, 7) is -0.253. The highest BCUT2D eigenvalue weighted by Gasteiger charge is 2.51. The van der Waals surface area contributed by atoms with Crippen LogP contribution in [-0.4, -0.2) is 34.6 Å². The van der Waals surface area contributed by atoms with Crippen LogP contribution in [0.25, 0.3) is 5.57 Å². The first-order valence-electron chi connectivity index (χ1n) is 10.0. The molecule has 3 atom stereocenters. The minimum absolute atomic E-state index is 0.182. The first kappa shape index (κ1) is 19.4. The van der Waals surface area contributed by atoms with Crippen LogP contribution in [0.15, 0.2) is 54.6 Å². The van der Waals surface area contributed by atoms with Gasteiger partial charge in [-0.05, 0) is 60.6 Å². The van der Waals surface area contributed by atoms with Crippen molar-refractivity contribution < 1.29 is 14.3 Å². The van der Waals surface area contributed by atoms with E-state index >= 15 is 0 Å². The number of carbonyl (C=O) groups is 1. The van der Waals surface area contributed by atoms with Crippen molar-refractivity contribution in [2.24, 2.45) is 0 Å². The number of likely N-dealkylation sites (tertiary alicyclic amines) is 1. The monoisotopic (exact) mass is 390 g/mol. The molecule has 29 heavy (non-hydrogen) atoms. The van der Waals surface area contributed by atoms with Crippen molar-refractivity contribution in [2.75, 3.05) is 6.61 Å². The van der Waals surface area contributed by atoms with E-state index in [1.54, 1.807) is 0 Å². The number of hydrogen-bond acceptors (Lipinski definition) is 3. The predicted molar refractivity (Wildman–Crippen MR) is 108 cm³/mol. The van der Waals surface area contributed by atoms with Gasteiger partial charge in [0, 0.05) is 11.5 Å². The molecule has 1 N–H and O–H groups in total. The van der Waals surface area contributed by atoms with E-state index in [4.69, 9.17) is 0 Å². The van der Waals surface area contributed by atoms with E-state index in [9.17, 15) is 19.6 Å². The van der Waals surface area contributed by atoms with Crippen molar-refractivity contribution in [3.63, 3.8) is 0 Å². The lowest BCUT2D eigenvalue weighted by Crippen LogP contribution is -2.65. The molecule has 2 aromatic carbocycles. The third-order valence-corrected chi connectivity index (χ3v) is 5.99. The number of nitriles is 1. The van der Waals surface area contributed by atoms with E-state index in [-0.39, 0.29) is 18.1 Å². The summed E-state index contributed by atoms with van der Waals surface area (Å²) in [5.74, 6) is -1.21. The Hall–Kier alpha value is -2.97. The van der Waals surface area contributed by atoms with Crippen LogP contribution in [0.4, 0.5) is 4.39 Å². The lowest BCUT2D eigenvalue weighted by Gasteiger charge is -2.51. The van der Waals surface area contributed by atoms with Crippen molar-refractivity contribution in [3.05, 3.63) is 77.1 Å². The smallest absolute Gasteiger partial charge is 0.255 e. The molecular formula is C24H23FN2O2. The Morgan fingerprint density at radius 1 is 1.21 bits per heavy atom. The Morgan fingerprint density at radius 3 is 2.62 bits per heavy atom. The molecule has 2 aromatic rings. The van der Waals surface area contributed by atoms with Crippen molar-refractivity contribution in [1.29, 1.82) is 5.26 Å². The van der Waals surface area contributed by atoms with Gasteiger partial charge < -0.3 is 10.0 Å². The summed E-state index contributed by atoms with van der Waals surface area (Å²) < 4.78 is 13.5. The Labute approximate surface area is 169 Å². The van der Waals surface area contributed by atoms with Crippen LogP contribution in [0.1, 0.15) is 53.1 Å². The Balaban J connectivity index is 1.57. The van der Waals surface area contributed by atoms with Crippen LogP contribution in [0.3, 0.4) is 0 Å². The van der Waals surface area contributed by atoms with Gasteiger partial charge in [0.15, 0.2) is 0 Å². The third kappa shape index (κ3) is 3.56. The highest BCUT2D eigenvalue weighted by Crippen LogP contribution is 2.41. The number of halogens is 1. The van der Waals surface area contributed by atoms with Crippen LogP contribution >= 0.6 is 0 Å². The Bertz CT molecular complexity index is 977. The van der Waals surface area contributed by atoms with Crippen LogP contribution in [0.2, 0.25) is 0 Å². The van der Waals surface area contributed by atoms with Crippen LogP contribution in [-0.2, 0) is 0 Å². The van der Waals surface area contributed by atoms with Gasteiger partial charge in [-0.25, -0.2) is 4.39 Å². The molecule has 1 heterocycles. The number of carbonyl (C=O) groups excluding carboxylic acids is 1. The predicted octanol–water partition coefficient (Wildman–Crippen LogP) is 4.28. The molecule has 0 radical (unpaired) electrons. The van der Waals surface area contributed by atoms with Crippen LogP contribution < -0.4 is 0 Å². The topological polar surface area (TPSA) is 64.3 Å². The van der Waals surface area contributed by atoms with Gasteiger partial charge in [-0.2, -0.15) is 5.26 Å². The van der Waals surface area contributed by atoms with E-state index in [1.807, 2.05) is 12.1 Å². The zero-order valence-electron chi connectivity index (χ0n) is 16.1. The number of aliphatic hydroxyl groups is 1. The molecular weight excluding hydrogens is 367 g/mol. The zero-order chi connectivity index (χ0) is 20.4.